The molecule has 1 aliphatic heterocycles. The van der Waals surface area contributed by atoms with E-state index in [1.165, 1.54) is 5.69 Å². The number of benzene rings is 1. The van der Waals surface area contributed by atoms with Gasteiger partial charge < -0.3 is 9.64 Å². The molecule has 1 aromatic carbocycles. The van der Waals surface area contributed by atoms with Crippen LogP contribution in [-0.4, -0.2) is 32.1 Å². The highest BCUT2D eigenvalue weighted by atomic mass is 16.5. The lowest BCUT2D eigenvalue weighted by Crippen LogP contribution is -2.36. The van der Waals surface area contributed by atoms with Gasteiger partial charge in [-0.3, -0.25) is 4.79 Å². The largest absolute Gasteiger partial charge is 0.378 e. The van der Waals surface area contributed by atoms with Gasteiger partial charge in [-0.05, 0) is 24.6 Å². The van der Waals surface area contributed by atoms with Gasteiger partial charge in [-0.2, -0.15) is 0 Å². The van der Waals surface area contributed by atoms with Gasteiger partial charge >= 0.3 is 0 Å². The number of hydrogen-bond acceptors (Lipinski definition) is 3. The summed E-state index contributed by atoms with van der Waals surface area (Å²) >= 11 is 0. The van der Waals surface area contributed by atoms with E-state index in [-0.39, 0.29) is 11.7 Å². The third-order valence-electron chi connectivity index (χ3n) is 3.36. The van der Waals surface area contributed by atoms with Gasteiger partial charge in [-0.25, -0.2) is 0 Å². The summed E-state index contributed by atoms with van der Waals surface area (Å²) in [6.45, 7) is 7.03. The highest BCUT2D eigenvalue weighted by molar-refractivity contribution is 5.83. The lowest BCUT2D eigenvalue weighted by molar-refractivity contribution is -0.118. The third kappa shape index (κ3) is 2.86. The molecule has 1 aliphatic rings. The zero-order chi connectivity index (χ0) is 12.3. The fourth-order valence-electron chi connectivity index (χ4n) is 2.05. The van der Waals surface area contributed by atoms with E-state index >= 15 is 0 Å². The molecule has 1 heterocycles. The van der Waals surface area contributed by atoms with Crippen LogP contribution >= 0.6 is 0 Å². The van der Waals surface area contributed by atoms with Crippen molar-refractivity contribution >= 4 is 11.5 Å². The molecule has 1 fully saturated rings. The van der Waals surface area contributed by atoms with Crippen molar-refractivity contribution in [3.63, 3.8) is 0 Å². The Morgan fingerprint density at radius 2 is 2.06 bits per heavy atom. The van der Waals surface area contributed by atoms with Gasteiger partial charge in [0.1, 0.15) is 5.78 Å². The Hall–Kier alpha value is -1.35. The van der Waals surface area contributed by atoms with E-state index in [4.69, 9.17) is 4.74 Å². The molecule has 2 rings (SSSR count). The van der Waals surface area contributed by atoms with Crippen LogP contribution in [0.5, 0.6) is 0 Å². The summed E-state index contributed by atoms with van der Waals surface area (Å²) in [5, 5.41) is 0. The molecule has 0 bridgehead atoms. The Labute approximate surface area is 102 Å². The van der Waals surface area contributed by atoms with Crippen LogP contribution < -0.4 is 4.90 Å². The molecule has 0 N–H and O–H groups in total. The molecule has 0 spiro atoms. The number of nitrogens with zero attached hydrogens (tertiary/aromatic N) is 1. The van der Waals surface area contributed by atoms with Crippen LogP contribution in [0.3, 0.4) is 0 Å². The minimum Gasteiger partial charge on any atom is -0.378 e. The van der Waals surface area contributed by atoms with Gasteiger partial charge in [0.2, 0.25) is 0 Å². The fourth-order valence-corrected chi connectivity index (χ4v) is 2.05. The number of ketones is 1. The van der Waals surface area contributed by atoms with Crippen LogP contribution in [0, 0.1) is 0 Å². The molecule has 1 aromatic rings. The lowest BCUT2D eigenvalue weighted by Gasteiger charge is -2.29. The van der Waals surface area contributed by atoms with E-state index in [1.807, 2.05) is 19.1 Å². The summed E-state index contributed by atoms with van der Waals surface area (Å²) in [5.41, 5.74) is 2.29. The first-order chi connectivity index (χ1) is 8.18. The van der Waals surface area contributed by atoms with Crippen LogP contribution in [0.15, 0.2) is 24.3 Å². The second-order valence-corrected chi connectivity index (χ2v) is 4.53. The molecule has 3 nitrogen and oxygen atoms in total. The van der Waals surface area contributed by atoms with Gasteiger partial charge in [-0.1, -0.05) is 19.1 Å². The van der Waals surface area contributed by atoms with Crippen molar-refractivity contribution in [3.8, 4) is 0 Å². The number of carbonyl (C=O) groups is 1. The maximum Gasteiger partial charge on any atom is 0.136 e. The van der Waals surface area contributed by atoms with E-state index in [1.54, 1.807) is 6.92 Å². The summed E-state index contributed by atoms with van der Waals surface area (Å²) in [7, 11) is 0. The van der Waals surface area contributed by atoms with Crippen molar-refractivity contribution in [3.05, 3.63) is 29.8 Å². The SMILES string of the molecule is CC(=O)C(C)c1cccc(N2CCOCC2)c1. The fraction of sp³-hybridized carbons (Fsp3) is 0.500. The van der Waals surface area contributed by atoms with Crippen LogP contribution in [0.4, 0.5) is 5.69 Å². The average Bonchev–Trinajstić information content (AvgIpc) is 2.39. The molecule has 0 aliphatic carbocycles. The third-order valence-corrected chi connectivity index (χ3v) is 3.36. The Morgan fingerprint density at radius 3 is 2.71 bits per heavy atom. The van der Waals surface area contributed by atoms with Gasteiger partial charge in [0.05, 0.1) is 13.2 Å². The molecular weight excluding hydrogens is 214 g/mol. The summed E-state index contributed by atoms with van der Waals surface area (Å²) in [6, 6.07) is 8.27. The van der Waals surface area contributed by atoms with Gasteiger partial charge in [0, 0.05) is 24.7 Å². The van der Waals surface area contributed by atoms with Crippen LogP contribution in [-0.2, 0) is 9.53 Å². The van der Waals surface area contributed by atoms with Gasteiger partial charge in [0.15, 0.2) is 0 Å². The predicted molar refractivity (Wildman–Crippen MR) is 68.6 cm³/mol. The predicted octanol–water partition coefficient (Wildman–Crippen LogP) is 2.22. The van der Waals surface area contributed by atoms with Crippen LogP contribution in [0.1, 0.15) is 25.3 Å². The topological polar surface area (TPSA) is 29.5 Å². The van der Waals surface area contributed by atoms with Crippen molar-refractivity contribution in [2.45, 2.75) is 19.8 Å². The molecule has 1 saturated heterocycles. The first kappa shape index (κ1) is 12.1. The van der Waals surface area contributed by atoms with E-state index in [9.17, 15) is 4.79 Å². The summed E-state index contributed by atoms with van der Waals surface area (Å²) in [4.78, 5) is 13.7. The minimum atomic E-state index is -0.0176. The molecule has 1 unspecified atom stereocenters. The number of ether oxygens (including phenoxy) is 1. The Kier molecular flexibility index (Phi) is 3.79. The van der Waals surface area contributed by atoms with Crippen molar-refractivity contribution < 1.29 is 9.53 Å². The van der Waals surface area contributed by atoms with Crippen LogP contribution in [0.25, 0.3) is 0 Å². The van der Waals surface area contributed by atoms with Crippen molar-refractivity contribution in [2.24, 2.45) is 0 Å². The van der Waals surface area contributed by atoms with Gasteiger partial charge in [-0.15, -0.1) is 0 Å². The Bertz CT molecular complexity index is 397. The molecule has 3 heteroatoms. The van der Waals surface area contributed by atoms with E-state index < -0.39 is 0 Å². The highest BCUT2D eigenvalue weighted by Crippen LogP contribution is 2.23. The number of carbonyl (C=O) groups excluding carboxylic acids is 1. The van der Waals surface area contributed by atoms with E-state index in [0.717, 1.165) is 31.9 Å². The maximum atomic E-state index is 11.4. The number of rotatable bonds is 3. The second kappa shape index (κ2) is 5.32. The number of Topliss-reactive ketones (excluding diaryl/α,β-unsaturated/α-hetero) is 1. The summed E-state index contributed by atoms with van der Waals surface area (Å²) in [6.07, 6.45) is 0. The maximum absolute atomic E-state index is 11.4. The molecule has 0 saturated carbocycles. The lowest BCUT2D eigenvalue weighted by atomic mass is 9.97. The minimum absolute atomic E-state index is 0.0176. The van der Waals surface area contributed by atoms with Crippen molar-refractivity contribution in [1.82, 2.24) is 0 Å². The van der Waals surface area contributed by atoms with E-state index in [2.05, 4.69) is 17.0 Å². The standard InChI is InChI=1S/C14H19NO2/c1-11(12(2)16)13-4-3-5-14(10-13)15-6-8-17-9-7-15/h3-5,10-11H,6-9H2,1-2H3. The number of hydrogen-bond donors (Lipinski definition) is 0. The average molecular weight is 233 g/mol. The summed E-state index contributed by atoms with van der Waals surface area (Å²) < 4.78 is 5.34. The number of morpholine rings is 1. The van der Waals surface area contributed by atoms with Crippen molar-refractivity contribution in [2.75, 3.05) is 31.2 Å². The Balaban J connectivity index is 2.18. The Morgan fingerprint density at radius 1 is 1.35 bits per heavy atom. The molecular formula is C14H19NO2. The zero-order valence-corrected chi connectivity index (χ0v) is 10.5. The quantitative estimate of drug-likeness (QED) is 0.801. The van der Waals surface area contributed by atoms with Crippen LogP contribution in [0.2, 0.25) is 0 Å². The normalized spacial score (nSPS) is 17.9. The smallest absolute Gasteiger partial charge is 0.136 e. The first-order valence-electron chi connectivity index (χ1n) is 6.11. The summed E-state index contributed by atoms with van der Waals surface area (Å²) in [5.74, 6) is 0.195. The van der Waals surface area contributed by atoms with Crippen molar-refractivity contribution in [1.29, 1.82) is 0 Å². The second-order valence-electron chi connectivity index (χ2n) is 4.53. The van der Waals surface area contributed by atoms with E-state index in [0.29, 0.717) is 0 Å². The molecule has 92 valence electrons. The molecule has 0 aromatic heterocycles. The van der Waals surface area contributed by atoms with Gasteiger partial charge in [0.25, 0.3) is 0 Å². The number of anilines is 1. The highest BCUT2D eigenvalue weighted by Gasteiger charge is 2.14. The molecule has 0 radical (unpaired) electrons. The molecule has 1 atom stereocenters. The molecule has 0 amide bonds. The molecule has 17 heavy (non-hydrogen) atoms. The first-order valence-corrected chi connectivity index (χ1v) is 6.11. The monoisotopic (exact) mass is 233 g/mol. The zero-order valence-electron chi connectivity index (χ0n) is 10.5.